The number of rotatable bonds is 8. The summed E-state index contributed by atoms with van der Waals surface area (Å²) in [6.45, 7) is 3.18. The highest BCUT2D eigenvalue weighted by Crippen LogP contribution is 2.26. The molecule has 25 heavy (non-hydrogen) atoms. The van der Waals surface area contributed by atoms with E-state index in [0.29, 0.717) is 12.6 Å². The molecule has 0 aromatic heterocycles. The number of hydrogen-bond acceptors (Lipinski definition) is 3. The maximum atomic E-state index is 12.2. The molecular formula is C21H31NO3. The Morgan fingerprint density at radius 1 is 1.16 bits per heavy atom. The van der Waals surface area contributed by atoms with Crippen molar-refractivity contribution in [1.82, 2.24) is 5.32 Å². The second-order valence-electron chi connectivity index (χ2n) is 7.32. The van der Waals surface area contributed by atoms with Crippen LogP contribution in [0.25, 0.3) is 0 Å². The predicted octanol–water partition coefficient (Wildman–Crippen LogP) is 3.80. The van der Waals surface area contributed by atoms with Gasteiger partial charge in [-0.1, -0.05) is 18.9 Å². The lowest BCUT2D eigenvalue weighted by Crippen LogP contribution is -2.37. The minimum atomic E-state index is -0.475. The average Bonchev–Trinajstić information content (AvgIpc) is 3.14. The maximum absolute atomic E-state index is 12.2. The zero-order valence-electron chi connectivity index (χ0n) is 15.4. The Labute approximate surface area is 151 Å². The summed E-state index contributed by atoms with van der Waals surface area (Å²) in [5.41, 5.74) is 2.80. The van der Waals surface area contributed by atoms with Crippen molar-refractivity contribution in [1.29, 1.82) is 0 Å². The van der Waals surface area contributed by atoms with Crippen LogP contribution in [0.5, 0.6) is 5.75 Å². The second kappa shape index (κ2) is 9.23. The van der Waals surface area contributed by atoms with Crippen LogP contribution in [0.1, 0.15) is 63.0 Å². The normalized spacial score (nSPS) is 18.6. The molecule has 0 radical (unpaired) electrons. The highest BCUT2D eigenvalue weighted by Gasteiger charge is 2.17. The van der Waals surface area contributed by atoms with Crippen molar-refractivity contribution in [3.63, 3.8) is 0 Å². The van der Waals surface area contributed by atoms with Gasteiger partial charge < -0.3 is 14.8 Å². The second-order valence-corrected chi connectivity index (χ2v) is 7.32. The topological polar surface area (TPSA) is 47.6 Å². The third-order valence-corrected chi connectivity index (χ3v) is 5.28. The molecule has 1 amide bonds. The summed E-state index contributed by atoms with van der Waals surface area (Å²) < 4.78 is 11.6. The Balaban J connectivity index is 1.35. The Hall–Kier alpha value is -1.55. The van der Waals surface area contributed by atoms with E-state index >= 15 is 0 Å². The van der Waals surface area contributed by atoms with E-state index in [0.717, 1.165) is 31.6 Å². The van der Waals surface area contributed by atoms with Gasteiger partial charge >= 0.3 is 0 Å². The standard InChI is InChI=1S/C21H31NO3/c1-16(21(23)22-13-6-14-24-19-9-4-5-10-19)25-20-12-11-17-7-2-3-8-18(17)15-20/h11-12,15-16,19H,2-10,13-14H2,1H3,(H,22,23). The Bertz CT molecular complexity index is 566. The van der Waals surface area contributed by atoms with Crippen molar-refractivity contribution in [2.45, 2.75) is 76.9 Å². The third-order valence-electron chi connectivity index (χ3n) is 5.28. The molecule has 4 heteroatoms. The number of carbonyl (C=O) groups is 1. The highest BCUT2D eigenvalue weighted by molar-refractivity contribution is 5.80. The molecule has 0 spiro atoms. The van der Waals surface area contributed by atoms with Gasteiger partial charge in [0.25, 0.3) is 5.91 Å². The van der Waals surface area contributed by atoms with Crippen LogP contribution in [-0.4, -0.2) is 31.3 Å². The monoisotopic (exact) mass is 345 g/mol. The van der Waals surface area contributed by atoms with Gasteiger partial charge in [0, 0.05) is 13.2 Å². The van der Waals surface area contributed by atoms with E-state index in [1.54, 1.807) is 0 Å². The van der Waals surface area contributed by atoms with Gasteiger partial charge in [0.15, 0.2) is 6.10 Å². The van der Waals surface area contributed by atoms with Crippen LogP contribution >= 0.6 is 0 Å². The fourth-order valence-corrected chi connectivity index (χ4v) is 3.77. The van der Waals surface area contributed by atoms with E-state index in [1.807, 2.05) is 13.0 Å². The van der Waals surface area contributed by atoms with Crippen molar-refractivity contribution in [2.24, 2.45) is 0 Å². The molecule has 1 unspecified atom stereocenters. The lowest BCUT2D eigenvalue weighted by Gasteiger charge is -2.19. The molecule has 1 saturated carbocycles. The molecule has 0 bridgehead atoms. The molecule has 1 fully saturated rings. The quantitative estimate of drug-likeness (QED) is 0.729. The first kappa shape index (κ1) is 18.2. The van der Waals surface area contributed by atoms with Gasteiger partial charge in [-0.25, -0.2) is 0 Å². The van der Waals surface area contributed by atoms with Crippen molar-refractivity contribution in [2.75, 3.05) is 13.2 Å². The summed E-state index contributed by atoms with van der Waals surface area (Å²) in [5, 5.41) is 2.95. The summed E-state index contributed by atoms with van der Waals surface area (Å²) in [6, 6.07) is 6.24. The van der Waals surface area contributed by atoms with Crippen LogP contribution in [0.15, 0.2) is 18.2 Å². The predicted molar refractivity (Wildman–Crippen MR) is 99.0 cm³/mol. The summed E-state index contributed by atoms with van der Waals surface area (Å²) in [6.07, 6.45) is 10.6. The number of ether oxygens (including phenoxy) is 2. The zero-order valence-corrected chi connectivity index (χ0v) is 15.4. The molecule has 4 nitrogen and oxygen atoms in total. The number of aryl methyl sites for hydroxylation is 2. The minimum absolute atomic E-state index is 0.0569. The first-order chi connectivity index (χ1) is 12.2. The summed E-state index contributed by atoms with van der Waals surface area (Å²) in [7, 11) is 0. The van der Waals surface area contributed by atoms with Gasteiger partial charge in [-0.15, -0.1) is 0 Å². The van der Waals surface area contributed by atoms with E-state index in [9.17, 15) is 4.79 Å². The van der Waals surface area contributed by atoms with Crippen molar-refractivity contribution < 1.29 is 14.3 Å². The molecule has 1 aromatic rings. The van der Waals surface area contributed by atoms with Gasteiger partial charge in [-0.2, -0.15) is 0 Å². The van der Waals surface area contributed by atoms with Crippen LogP contribution in [0.2, 0.25) is 0 Å². The van der Waals surface area contributed by atoms with E-state index in [4.69, 9.17) is 9.47 Å². The van der Waals surface area contributed by atoms with Crippen LogP contribution in [0.4, 0.5) is 0 Å². The molecule has 1 atom stereocenters. The van der Waals surface area contributed by atoms with E-state index in [2.05, 4.69) is 17.4 Å². The number of nitrogens with one attached hydrogen (secondary N) is 1. The smallest absolute Gasteiger partial charge is 0.260 e. The maximum Gasteiger partial charge on any atom is 0.260 e. The van der Waals surface area contributed by atoms with Gasteiger partial charge in [-0.3, -0.25) is 4.79 Å². The zero-order chi connectivity index (χ0) is 17.5. The number of hydrogen-bond donors (Lipinski definition) is 1. The van der Waals surface area contributed by atoms with Crippen LogP contribution in [-0.2, 0) is 22.4 Å². The third kappa shape index (κ3) is 5.46. The number of amides is 1. The SMILES string of the molecule is CC(Oc1ccc2c(c1)CCCC2)C(=O)NCCCOC1CCCC1. The fourth-order valence-electron chi connectivity index (χ4n) is 3.77. The average molecular weight is 345 g/mol. The summed E-state index contributed by atoms with van der Waals surface area (Å²) in [5.74, 6) is 0.742. The van der Waals surface area contributed by atoms with Crippen molar-refractivity contribution in [3.05, 3.63) is 29.3 Å². The molecule has 2 aliphatic rings. The van der Waals surface area contributed by atoms with Gasteiger partial charge in [0.1, 0.15) is 5.75 Å². The number of benzene rings is 1. The molecular weight excluding hydrogens is 314 g/mol. The highest BCUT2D eigenvalue weighted by atomic mass is 16.5. The molecule has 0 aliphatic heterocycles. The van der Waals surface area contributed by atoms with E-state index in [-0.39, 0.29) is 5.91 Å². The molecule has 1 aromatic carbocycles. The first-order valence-corrected chi connectivity index (χ1v) is 9.90. The Kier molecular flexibility index (Phi) is 6.74. The Morgan fingerprint density at radius 2 is 1.92 bits per heavy atom. The molecule has 1 N–H and O–H groups in total. The van der Waals surface area contributed by atoms with E-state index in [1.165, 1.54) is 49.7 Å². The Morgan fingerprint density at radius 3 is 2.72 bits per heavy atom. The van der Waals surface area contributed by atoms with Crippen LogP contribution in [0, 0.1) is 0 Å². The van der Waals surface area contributed by atoms with E-state index < -0.39 is 6.10 Å². The fraction of sp³-hybridized carbons (Fsp3) is 0.667. The van der Waals surface area contributed by atoms with Crippen LogP contribution in [0.3, 0.4) is 0 Å². The molecule has 3 rings (SSSR count). The lowest BCUT2D eigenvalue weighted by molar-refractivity contribution is -0.127. The molecule has 2 aliphatic carbocycles. The largest absolute Gasteiger partial charge is 0.481 e. The first-order valence-electron chi connectivity index (χ1n) is 9.90. The van der Waals surface area contributed by atoms with Crippen molar-refractivity contribution >= 4 is 5.91 Å². The molecule has 138 valence electrons. The summed E-state index contributed by atoms with van der Waals surface area (Å²) >= 11 is 0. The van der Waals surface area contributed by atoms with Gasteiger partial charge in [0.05, 0.1) is 6.10 Å². The number of fused-ring (bicyclic) bond motifs is 1. The van der Waals surface area contributed by atoms with Crippen molar-refractivity contribution in [3.8, 4) is 5.75 Å². The van der Waals surface area contributed by atoms with Gasteiger partial charge in [-0.05, 0) is 75.1 Å². The van der Waals surface area contributed by atoms with Gasteiger partial charge in [0.2, 0.25) is 0 Å². The lowest BCUT2D eigenvalue weighted by atomic mass is 9.92. The molecule has 0 saturated heterocycles. The minimum Gasteiger partial charge on any atom is -0.481 e. The summed E-state index contributed by atoms with van der Waals surface area (Å²) in [4.78, 5) is 12.2. The number of carbonyl (C=O) groups excluding carboxylic acids is 1. The van der Waals surface area contributed by atoms with Crippen LogP contribution < -0.4 is 10.1 Å². The molecule has 0 heterocycles.